The third-order valence-electron chi connectivity index (χ3n) is 3.65. The van der Waals surface area contributed by atoms with Crippen molar-refractivity contribution in [3.8, 4) is 0 Å². The van der Waals surface area contributed by atoms with Crippen LogP contribution in [0, 0.1) is 11.8 Å². The molecule has 0 spiro atoms. The lowest BCUT2D eigenvalue weighted by Gasteiger charge is -2.30. The number of ketones is 1. The number of nitrogens with zero attached hydrogens (tertiary/aromatic N) is 2. The molecule has 0 saturated carbocycles. The molecular formula is C16H28N2O3. The number of carbonyl (C=O) groups excluding carboxylic acids is 2. The molecule has 0 fully saturated rings. The van der Waals surface area contributed by atoms with E-state index in [1.807, 2.05) is 51.8 Å². The van der Waals surface area contributed by atoms with E-state index < -0.39 is 0 Å². The molecule has 2 unspecified atom stereocenters. The fraction of sp³-hybridized carbons (Fsp3) is 0.750. The van der Waals surface area contributed by atoms with E-state index in [-0.39, 0.29) is 29.7 Å². The van der Waals surface area contributed by atoms with Gasteiger partial charge in [-0.05, 0) is 47.1 Å². The highest BCUT2D eigenvalue weighted by Gasteiger charge is 2.34. The quantitative estimate of drug-likeness (QED) is 0.689. The summed E-state index contributed by atoms with van der Waals surface area (Å²) in [6, 6.07) is 0. The zero-order valence-corrected chi connectivity index (χ0v) is 14.0. The summed E-state index contributed by atoms with van der Waals surface area (Å²) in [5, 5.41) is 0. The standard InChI is InChI=1S/C16H28N2O3/c1-11-7-13(19)8-12(2)15(11)16(20)21-14(9-17(3)4)10-18(5)6/h7,12,14-15H,8-10H2,1-6H3. The smallest absolute Gasteiger partial charge is 0.313 e. The van der Waals surface area contributed by atoms with Gasteiger partial charge in [0.25, 0.3) is 0 Å². The molecular weight excluding hydrogens is 268 g/mol. The average Bonchev–Trinajstić information content (AvgIpc) is 2.24. The largest absolute Gasteiger partial charge is 0.459 e. The Hall–Kier alpha value is -1.20. The highest BCUT2D eigenvalue weighted by molar-refractivity contribution is 5.94. The second-order valence-corrected chi connectivity index (χ2v) is 6.60. The Kier molecular flexibility index (Phi) is 6.55. The Morgan fingerprint density at radius 2 is 1.81 bits per heavy atom. The first-order valence-corrected chi connectivity index (χ1v) is 7.41. The molecule has 0 radical (unpaired) electrons. The molecule has 5 heteroatoms. The van der Waals surface area contributed by atoms with Crippen molar-refractivity contribution in [2.75, 3.05) is 41.3 Å². The molecule has 120 valence electrons. The lowest BCUT2D eigenvalue weighted by atomic mass is 9.79. The SMILES string of the molecule is CC1=CC(=O)CC(C)C1C(=O)OC(CN(C)C)CN(C)C. The fourth-order valence-electron chi connectivity index (χ4n) is 2.89. The number of hydrogen-bond donors (Lipinski definition) is 0. The summed E-state index contributed by atoms with van der Waals surface area (Å²) >= 11 is 0. The minimum absolute atomic E-state index is 0.00867. The van der Waals surface area contributed by atoms with Crippen LogP contribution in [0.1, 0.15) is 20.3 Å². The van der Waals surface area contributed by atoms with E-state index in [2.05, 4.69) is 0 Å². The maximum Gasteiger partial charge on any atom is 0.313 e. The predicted octanol–water partition coefficient (Wildman–Crippen LogP) is 1.19. The highest BCUT2D eigenvalue weighted by Crippen LogP contribution is 2.30. The van der Waals surface area contributed by atoms with E-state index in [0.717, 1.165) is 5.57 Å². The lowest BCUT2D eigenvalue weighted by molar-refractivity contribution is -0.156. The summed E-state index contributed by atoms with van der Waals surface area (Å²) in [4.78, 5) is 28.0. The van der Waals surface area contributed by atoms with Gasteiger partial charge in [-0.25, -0.2) is 0 Å². The predicted molar refractivity (Wildman–Crippen MR) is 83.0 cm³/mol. The third-order valence-corrected chi connectivity index (χ3v) is 3.65. The molecule has 1 aliphatic rings. The summed E-state index contributed by atoms with van der Waals surface area (Å²) in [5.41, 5.74) is 0.817. The molecule has 0 aromatic heterocycles. The number of rotatable bonds is 6. The zero-order valence-electron chi connectivity index (χ0n) is 14.0. The van der Waals surface area contributed by atoms with Crippen LogP contribution >= 0.6 is 0 Å². The summed E-state index contributed by atoms with van der Waals surface area (Å²) in [6.07, 6.45) is 1.84. The van der Waals surface area contributed by atoms with Crippen LogP contribution in [-0.2, 0) is 14.3 Å². The molecule has 0 amide bonds. The molecule has 0 aliphatic heterocycles. The van der Waals surface area contributed by atoms with Crippen molar-refractivity contribution in [2.45, 2.75) is 26.4 Å². The second-order valence-electron chi connectivity index (χ2n) is 6.60. The van der Waals surface area contributed by atoms with Crippen molar-refractivity contribution in [3.63, 3.8) is 0 Å². The molecule has 0 aromatic rings. The topological polar surface area (TPSA) is 49.9 Å². The van der Waals surface area contributed by atoms with Gasteiger partial charge in [0, 0.05) is 19.5 Å². The Balaban J connectivity index is 2.76. The number of allylic oxidation sites excluding steroid dienone is 1. The van der Waals surface area contributed by atoms with Gasteiger partial charge in [-0.2, -0.15) is 0 Å². The van der Waals surface area contributed by atoms with Gasteiger partial charge in [0.05, 0.1) is 5.92 Å². The number of esters is 1. The molecule has 0 heterocycles. The zero-order chi connectivity index (χ0) is 16.2. The van der Waals surface area contributed by atoms with Crippen molar-refractivity contribution in [1.82, 2.24) is 9.80 Å². The molecule has 1 rings (SSSR count). The fourth-order valence-corrected chi connectivity index (χ4v) is 2.89. The molecule has 5 nitrogen and oxygen atoms in total. The van der Waals surface area contributed by atoms with Crippen molar-refractivity contribution in [3.05, 3.63) is 11.6 Å². The van der Waals surface area contributed by atoms with Gasteiger partial charge in [0.1, 0.15) is 6.10 Å². The van der Waals surface area contributed by atoms with Crippen molar-refractivity contribution in [2.24, 2.45) is 11.8 Å². The van der Waals surface area contributed by atoms with Crippen LogP contribution in [0.5, 0.6) is 0 Å². The normalized spacial score (nSPS) is 22.9. The molecule has 1 aliphatic carbocycles. The maximum absolute atomic E-state index is 12.5. The summed E-state index contributed by atoms with van der Waals surface area (Å²) in [6.45, 7) is 5.15. The van der Waals surface area contributed by atoms with Gasteiger partial charge in [-0.1, -0.05) is 12.5 Å². The number of carbonyl (C=O) groups is 2. The van der Waals surface area contributed by atoms with E-state index in [0.29, 0.717) is 19.5 Å². The Morgan fingerprint density at radius 3 is 2.24 bits per heavy atom. The molecule has 0 bridgehead atoms. The molecule has 0 saturated heterocycles. The Labute approximate surface area is 127 Å². The van der Waals surface area contributed by atoms with Crippen LogP contribution in [0.2, 0.25) is 0 Å². The Morgan fingerprint density at radius 1 is 1.29 bits per heavy atom. The van der Waals surface area contributed by atoms with Crippen molar-refractivity contribution in [1.29, 1.82) is 0 Å². The van der Waals surface area contributed by atoms with Gasteiger partial charge in [0.2, 0.25) is 0 Å². The summed E-state index contributed by atoms with van der Waals surface area (Å²) < 4.78 is 5.71. The van der Waals surface area contributed by atoms with E-state index in [1.165, 1.54) is 0 Å². The van der Waals surface area contributed by atoms with Crippen LogP contribution < -0.4 is 0 Å². The molecule has 0 aromatic carbocycles. The number of hydrogen-bond acceptors (Lipinski definition) is 5. The number of likely N-dealkylation sites (N-methyl/N-ethyl adjacent to an activating group) is 2. The maximum atomic E-state index is 12.5. The van der Waals surface area contributed by atoms with Gasteiger partial charge < -0.3 is 14.5 Å². The molecule has 21 heavy (non-hydrogen) atoms. The first-order valence-electron chi connectivity index (χ1n) is 7.41. The summed E-state index contributed by atoms with van der Waals surface area (Å²) in [5.74, 6) is -0.400. The van der Waals surface area contributed by atoms with Crippen molar-refractivity contribution >= 4 is 11.8 Å². The first kappa shape index (κ1) is 17.9. The summed E-state index contributed by atoms with van der Waals surface area (Å²) in [7, 11) is 7.85. The highest BCUT2D eigenvalue weighted by atomic mass is 16.5. The van der Waals surface area contributed by atoms with E-state index in [1.54, 1.807) is 6.08 Å². The van der Waals surface area contributed by atoms with Crippen molar-refractivity contribution < 1.29 is 14.3 Å². The van der Waals surface area contributed by atoms with Gasteiger partial charge >= 0.3 is 5.97 Å². The molecule has 2 atom stereocenters. The van der Waals surface area contributed by atoms with Crippen LogP contribution in [0.4, 0.5) is 0 Å². The van der Waals surface area contributed by atoms with Crippen LogP contribution in [-0.4, -0.2) is 68.9 Å². The van der Waals surface area contributed by atoms with Gasteiger partial charge in [0.15, 0.2) is 5.78 Å². The monoisotopic (exact) mass is 296 g/mol. The average molecular weight is 296 g/mol. The van der Waals surface area contributed by atoms with Gasteiger partial charge in [-0.15, -0.1) is 0 Å². The van der Waals surface area contributed by atoms with E-state index in [9.17, 15) is 9.59 Å². The minimum atomic E-state index is -0.297. The number of ether oxygens (including phenoxy) is 1. The van der Waals surface area contributed by atoms with Crippen LogP contribution in [0.25, 0.3) is 0 Å². The lowest BCUT2D eigenvalue weighted by Crippen LogP contribution is -2.41. The second kappa shape index (κ2) is 7.71. The molecule has 0 N–H and O–H groups in total. The first-order chi connectivity index (χ1) is 9.70. The van der Waals surface area contributed by atoms with Crippen LogP contribution in [0.15, 0.2) is 11.6 Å². The van der Waals surface area contributed by atoms with Gasteiger partial charge in [-0.3, -0.25) is 9.59 Å². The van der Waals surface area contributed by atoms with E-state index >= 15 is 0 Å². The minimum Gasteiger partial charge on any atom is -0.459 e. The third kappa shape index (κ3) is 5.59. The van der Waals surface area contributed by atoms with Crippen LogP contribution in [0.3, 0.4) is 0 Å². The Bertz CT molecular complexity index is 406. The van der Waals surface area contributed by atoms with E-state index in [4.69, 9.17) is 4.74 Å².